The van der Waals surface area contributed by atoms with E-state index in [-0.39, 0.29) is 24.3 Å². The van der Waals surface area contributed by atoms with Crippen LogP contribution in [0.2, 0.25) is 0 Å². The summed E-state index contributed by atoms with van der Waals surface area (Å²) in [4.78, 5) is 27.8. The standard InChI is InChI=1S/C20H30N4O2/c21-19(25)15-24-11-7-18(8-12-24)20(26)22-13-16-3-5-17(6-4-16)14-23-9-1-2-10-23/h3-6,18H,1-2,7-15H2,(H2,21,25)(H,22,26). The number of hydrogen-bond acceptors (Lipinski definition) is 4. The Morgan fingerprint density at radius 2 is 1.58 bits per heavy atom. The van der Waals surface area contributed by atoms with Gasteiger partial charge in [0.25, 0.3) is 0 Å². The summed E-state index contributed by atoms with van der Waals surface area (Å²) in [5.74, 6) is -0.153. The monoisotopic (exact) mass is 358 g/mol. The molecule has 6 heteroatoms. The molecule has 0 aliphatic carbocycles. The van der Waals surface area contributed by atoms with Crippen molar-refractivity contribution in [2.75, 3.05) is 32.7 Å². The van der Waals surface area contributed by atoms with Crippen LogP contribution in [0.25, 0.3) is 0 Å². The van der Waals surface area contributed by atoms with Crippen LogP contribution in [-0.4, -0.2) is 54.3 Å². The summed E-state index contributed by atoms with van der Waals surface area (Å²) < 4.78 is 0. The highest BCUT2D eigenvalue weighted by molar-refractivity contribution is 5.79. The van der Waals surface area contributed by atoms with E-state index in [4.69, 9.17) is 5.73 Å². The van der Waals surface area contributed by atoms with E-state index in [0.717, 1.165) is 38.0 Å². The second kappa shape index (κ2) is 9.14. The first kappa shape index (κ1) is 18.9. The summed E-state index contributed by atoms with van der Waals surface area (Å²) in [6.07, 6.45) is 4.19. The van der Waals surface area contributed by atoms with Gasteiger partial charge in [-0.25, -0.2) is 0 Å². The molecule has 0 atom stereocenters. The number of hydrogen-bond donors (Lipinski definition) is 2. The van der Waals surface area contributed by atoms with Crippen molar-refractivity contribution in [3.63, 3.8) is 0 Å². The largest absolute Gasteiger partial charge is 0.369 e. The van der Waals surface area contributed by atoms with Crippen molar-refractivity contribution in [3.8, 4) is 0 Å². The van der Waals surface area contributed by atoms with Crippen molar-refractivity contribution in [1.29, 1.82) is 0 Å². The van der Waals surface area contributed by atoms with Gasteiger partial charge >= 0.3 is 0 Å². The van der Waals surface area contributed by atoms with Crippen LogP contribution in [0.4, 0.5) is 0 Å². The molecular formula is C20H30N4O2. The molecule has 3 N–H and O–H groups in total. The Kier molecular flexibility index (Phi) is 6.63. The highest BCUT2D eigenvalue weighted by atomic mass is 16.2. The third-order valence-corrected chi connectivity index (χ3v) is 5.43. The van der Waals surface area contributed by atoms with E-state index < -0.39 is 0 Å². The first-order valence-corrected chi connectivity index (χ1v) is 9.69. The lowest BCUT2D eigenvalue weighted by Gasteiger charge is -2.30. The zero-order chi connectivity index (χ0) is 18.4. The highest BCUT2D eigenvalue weighted by Gasteiger charge is 2.25. The lowest BCUT2D eigenvalue weighted by atomic mass is 9.96. The summed E-state index contributed by atoms with van der Waals surface area (Å²) >= 11 is 0. The molecule has 3 rings (SSSR count). The smallest absolute Gasteiger partial charge is 0.231 e. The van der Waals surface area contributed by atoms with Gasteiger partial charge in [-0.3, -0.25) is 19.4 Å². The lowest BCUT2D eigenvalue weighted by Crippen LogP contribution is -2.43. The van der Waals surface area contributed by atoms with E-state index >= 15 is 0 Å². The fraction of sp³-hybridized carbons (Fsp3) is 0.600. The number of nitrogens with zero attached hydrogens (tertiary/aromatic N) is 2. The van der Waals surface area contributed by atoms with Crippen LogP contribution in [0, 0.1) is 5.92 Å². The maximum atomic E-state index is 12.4. The second-order valence-electron chi connectivity index (χ2n) is 7.53. The van der Waals surface area contributed by atoms with Crippen LogP contribution in [0.5, 0.6) is 0 Å². The topological polar surface area (TPSA) is 78.7 Å². The first-order valence-electron chi connectivity index (χ1n) is 9.69. The van der Waals surface area contributed by atoms with Crippen molar-refractivity contribution in [2.24, 2.45) is 11.7 Å². The predicted molar refractivity (Wildman–Crippen MR) is 101 cm³/mol. The van der Waals surface area contributed by atoms with Gasteiger partial charge in [0.1, 0.15) is 0 Å². The van der Waals surface area contributed by atoms with E-state index in [0.29, 0.717) is 6.54 Å². The van der Waals surface area contributed by atoms with Crippen molar-refractivity contribution in [3.05, 3.63) is 35.4 Å². The zero-order valence-corrected chi connectivity index (χ0v) is 15.5. The maximum Gasteiger partial charge on any atom is 0.231 e. The summed E-state index contributed by atoms with van der Waals surface area (Å²) in [5, 5.41) is 3.06. The molecule has 1 aromatic carbocycles. The van der Waals surface area contributed by atoms with Gasteiger partial charge in [-0.1, -0.05) is 24.3 Å². The van der Waals surface area contributed by atoms with Crippen LogP contribution >= 0.6 is 0 Å². The van der Waals surface area contributed by atoms with Crippen molar-refractivity contribution >= 4 is 11.8 Å². The maximum absolute atomic E-state index is 12.4. The zero-order valence-electron chi connectivity index (χ0n) is 15.5. The summed E-state index contributed by atoms with van der Waals surface area (Å²) in [7, 11) is 0. The number of primary amides is 1. The number of carbonyl (C=O) groups is 2. The average Bonchev–Trinajstić information content (AvgIpc) is 3.14. The van der Waals surface area contributed by atoms with Gasteiger partial charge in [-0.15, -0.1) is 0 Å². The molecular weight excluding hydrogens is 328 g/mol. The Balaban J connectivity index is 1.39. The third kappa shape index (κ3) is 5.54. The van der Waals surface area contributed by atoms with Gasteiger partial charge in [0.2, 0.25) is 11.8 Å². The summed E-state index contributed by atoms with van der Waals surface area (Å²) in [5.41, 5.74) is 7.69. The van der Waals surface area contributed by atoms with E-state index in [2.05, 4.69) is 34.5 Å². The molecule has 142 valence electrons. The molecule has 0 radical (unpaired) electrons. The summed E-state index contributed by atoms with van der Waals surface area (Å²) in [6, 6.07) is 8.56. The predicted octanol–water partition coefficient (Wildman–Crippen LogP) is 1.10. The molecule has 2 aliphatic rings. The Morgan fingerprint density at radius 1 is 0.962 bits per heavy atom. The number of nitrogens with two attached hydrogens (primary N) is 1. The number of benzene rings is 1. The normalized spacial score (nSPS) is 19.5. The number of rotatable bonds is 7. The minimum absolute atomic E-state index is 0.0357. The minimum atomic E-state index is -0.305. The Morgan fingerprint density at radius 3 is 2.19 bits per heavy atom. The molecule has 26 heavy (non-hydrogen) atoms. The van der Waals surface area contributed by atoms with Gasteiger partial charge in [-0.2, -0.15) is 0 Å². The van der Waals surface area contributed by atoms with Gasteiger partial charge in [0.15, 0.2) is 0 Å². The van der Waals surface area contributed by atoms with Crippen LogP contribution in [0.15, 0.2) is 24.3 Å². The molecule has 0 unspecified atom stereocenters. The molecule has 0 spiro atoms. The molecule has 2 aliphatic heterocycles. The Bertz CT molecular complexity index is 603. The fourth-order valence-corrected chi connectivity index (χ4v) is 3.87. The number of likely N-dealkylation sites (tertiary alicyclic amines) is 2. The number of piperidine rings is 1. The Labute approximate surface area is 155 Å². The molecule has 2 fully saturated rings. The molecule has 0 aromatic heterocycles. The SMILES string of the molecule is NC(=O)CN1CCC(C(=O)NCc2ccc(CN3CCCC3)cc2)CC1. The first-order chi connectivity index (χ1) is 12.6. The molecule has 0 saturated carbocycles. The molecule has 2 heterocycles. The quantitative estimate of drug-likeness (QED) is 0.765. The summed E-state index contributed by atoms with van der Waals surface area (Å²) in [6.45, 7) is 5.81. The average molecular weight is 358 g/mol. The van der Waals surface area contributed by atoms with Crippen LogP contribution in [0.1, 0.15) is 36.8 Å². The van der Waals surface area contributed by atoms with Crippen molar-refractivity contribution in [2.45, 2.75) is 38.8 Å². The van der Waals surface area contributed by atoms with Crippen LogP contribution in [-0.2, 0) is 22.7 Å². The van der Waals surface area contributed by atoms with Crippen LogP contribution in [0.3, 0.4) is 0 Å². The van der Waals surface area contributed by atoms with Crippen LogP contribution < -0.4 is 11.1 Å². The molecule has 0 bridgehead atoms. The number of amides is 2. The van der Waals surface area contributed by atoms with Gasteiger partial charge in [0.05, 0.1) is 6.54 Å². The molecule has 2 amide bonds. The van der Waals surface area contributed by atoms with E-state index in [1.165, 1.54) is 31.5 Å². The molecule has 2 saturated heterocycles. The third-order valence-electron chi connectivity index (χ3n) is 5.43. The van der Waals surface area contributed by atoms with E-state index in [1.54, 1.807) is 0 Å². The molecule has 1 aromatic rings. The Hall–Kier alpha value is -1.92. The van der Waals surface area contributed by atoms with Gasteiger partial charge in [0, 0.05) is 19.0 Å². The van der Waals surface area contributed by atoms with Gasteiger partial charge in [-0.05, 0) is 63.0 Å². The van der Waals surface area contributed by atoms with Crippen molar-refractivity contribution < 1.29 is 9.59 Å². The van der Waals surface area contributed by atoms with E-state index in [9.17, 15) is 9.59 Å². The van der Waals surface area contributed by atoms with Gasteiger partial charge < -0.3 is 11.1 Å². The lowest BCUT2D eigenvalue weighted by molar-refractivity contribution is -0.126. The number of carbonyl (C=O) groups excluding carboxylic acids is 2. The second-order valence-corrected chi connectivity index (χ2v) is 7.53. The molecule has 6 nitrogen and oxygen atoms in total. The van der Waals surface area contributed by atoms with Crippen molar-refractivity contribution in [1.82, 2.24) is 15.1 Å². The number of nitrogens with one attached hydrogen (secondary N) is 1. The highest BCUT2D eigenvalue weighted by Crippen LogP contribution is 2.17. The van der Waals surface area contributed by atoms with E-state index in [1.807, 2.05) is 4.90 Å². The minimum Gasteiger partial charge on any atom is -0.369 e. The fourth-order valence-electron chi connectivity index (χ4n) is 3.87.